The summed E-state index contributed by atoms with van der Waals surface area (Å²) in [6.07, 6.45) is 14.0. The number of benzene rings is 1. The van der Waals surface area contributed by atoms with E-state index in [-0.39, 0.29) is 5.91 Å². The topological polar surface area (TPSA) is 41.1 Å². The second-order valence-electron chi connectivity index (χ2n) is 7.42. The lowest BCUT2D eigenvalue weighted by atomic mass is 10.0. The van der Waals surface area contributed by atoms with Crippen LogP contribution in [-0.2, 0) is 6.42 Å². The molecule has 1 heterocycles. The fraction of sp³-hybridized carbons (Fsp3) is 0.682. The predicted octanol–water partition coefficient (Wildman–Crippen LogP) is 4.85. The Morgan fingerprint density at radius 1 is 0.960 bits per heavy atom. The molecule has 2 rings (SSSR count). The minimum absolute atomic E-state index is 0.0746. The number of aryl methyl sites for hydroxylation is 1. The molecule has 3 heteroatoms. The van der Waals surface area contributed by atoms with Crippen LogP contribution in [0.4, 0.5) is 0 Å². The van der Waals surface area contributed by atoms with Crippen LogP contribution in [0, 0.1) is 0 Å². The number of rotatable bonds is 11. The summed E-state index contributed by atoms with van der Waals surface area (Å²) in [7, 11) is 0. The highest BCUT2D eigenvalue weighted by Crippen LogP contribution is 2.13. The lowest BCUT2D eigenvalue weighted by Gasteiger charge is -2.23. The number of amides is 1. The van der Waals surface area contributed by atoms with Crippen LogP contribution in [0.15, 0.2) is 24.3 Å². The summed E-state index contributed by atoms with van der Waals surface area (Å²) in [5.41, 5.74) is 2.14. The van der Waals surface area contributed by atoms with Gasteiger partial charge in [0.05, 0.1) is 0 Å². The summed E-state index contributed by atoms with van der Waals surface area (Å²) in [4.78, 5) is 12.3. The molecule has 0 bridgehead atoms. The molecule has 1 aliphatic heterocycles. The molecular weight excluding hydrogens is 308 g/mol. The van der Waals surface area contributed by atoms with E-state index < -0.39 is 0 Å². The van der Waals surface area contributed by atoms with Gasteiger partial charge in [-0.2, -0.15) is 0 Å². The summed E-state index contributed by atoms with van der Waals surface area (Å²) < 4.78 is 0. The van der Waals surface area contributed by atoms with Crippen molar-refractivity contribution in [3.63, 3.8) is 0 Å². The van der Waals surface area contributed by atoms with Gasteiger partial charge in [0.2, 0.25) is 0 Å². The van der Waals surface area contributed by atoms with Crippen LogP contribution in [0.2, 0.25) is 0 Å². The Labute approximate surface area is 154 Å². The number of nitrogens with one attached hydrogen (secondary N) is 2. The molecule has 0 atom stereocenters. The van der Waals surface area contributed by atoms with Crippen LogP contribution in [0.25, 0.3) is 0 Å². The molecule has 0 radical (unpaired) electrons. The molecule has 1 aliphatic rings. The zero-order valence-corrected chi connectivity index (χ0v) is 16.0. The standard InChI is InChI=1S/C22H36N2O/c1-2-3-4-5-6-7-8-9-10-19-11-13-20(14-12-19)22(25)24-21-15-17-23-18-16-21/h11-14,21,23H,2-10,15-18H2,1H3,(H,24,25). The quantitative estimate of drug-likeness (QED) is 0.563. The van der Waals surface area contributed by atoms with Gasteiger partial charge in [-0.25, -0.2) is 0 Å². The maximum atomic E-state index is 12.3. The van der Waals surface area contributed by atoms with Crippen LogP contribution in [0.3, 0.4) is 0 Å². The molecule has 140 valence electrons. The van der Waals surface area contributed by atoms with Crippen LogP contribution in [0.1, 0.15) is 87.1 Å². The van der Waals surface area contributed by atoms with Crippen molar-refractivity contribution in [1.82, 2.24) is 10.6 Å². The number of hydrogen-bond donors (Lipinski definition) is 2. The highest BCUT2D eigenvalue weighted by molar-refractivity contribution is 5.94. The molecule has 1 aromatic rings. The predicted molar refractivity (Wildman–Crippen MR) is 106 cm³/mol. The second-order valence-corrected chi connectivity index (χ2v) is 7.42. The molecule has 1 amide bonds. The molecule has 0 saturated carbocycles. The van der Waals surface area contributed by atoms with E-state index >= 15 is 0 Å². The highest BCUT2D eigenvalue weighted by Gasteiger charge is 2.16. The van der Waals surface area contributed by atoms with Crippen molar-refractivity contribution in [2.24, 2.45) is 0 Å². The minimum atomic E-state index is 0.0746. The van der Waals surface area contributed by atoms with Gasteiger partial charge >= 0.3 is 0 Å². The van der Waals surface area contributed by atoms with Gasteiger partial charge in [-0.05, 0) is 56.5 Å². The van der Waals surface area contributed by atoms with E-state index in [0.717, 1.165) is 37.9 Å². The Hall–Kier alpha value is -1.35. The molecule has 0 aliphatic carbocycles. The average molecular weight is 345 g/mol. The molecular formula is C22H36N2O. The zero-order chi connectivity index (χ0) is 17.7. The van der Waals surface area contributed by atoms with Crippen molar-refractivity contribution < 1.29 is 4.79 Å². The van der Waals surface area contributed by atoms with Crippen molar-refractivity contribution in [3.05, 3.63) is 35.4 Å². The zero-order valence-electron chi connectivity index (χ0n) is 16.0. The maximum Gasteiger partial charge on any atom is 0.251 e. The molecule has 1 aromatic carbocycles. The van der Waals surface area contributed by atoms with Crippen LogP contribution < -0.4 is 10.6 Å². The monoisotopic (exact) mass is 344 g/mol. The Bertz CT molecular complexity index is 477. The lowest BCUT2D eigenvalue weighted by molar-refractivity contribution is 0.0929. The lowest BCUT2D eigenvalue weighted by Crippen LogP contribution is -2.42. The van der Waals surface area contributed by atoms with Crippen molar-refractivity contribution in [3.8, 4) is 0 Å². The van der Waals surface area contributed by atoms with E-state index in [1.165, 1.54) is 56.9 Å². The van der Waals surface area contributed by atoms with Crippen molar-refractivity contribution in [2.75, 3.05) is 13.1 Å². The van der Waals surface area contributed by atoms with E-state index in [0.29, 0.717) is 6.04 Å². The summed E-state index contributed by atoms with van der Waals surface area (Å²) in [6, 6.07) is 8.54. The van der Waals surface area contributed by atoms with Crippen molar-refractivity contribution in [1.29, 1.82) is 0 Å². The fourth-order valence-electron chi connectivity index (χ4n) is 3.52. The van der Waals surface area contributed by atoms with Crippen LogP contribution in [0.5, 0.6) is 0 Å². The fourth-order valence-corrected chi connectivity index (χ4v) is 3.52. The smallest absolute Gasteiger partial charge is 0.251 e. The van der Waals surface area contributed by atoms with Crippen molar-refractivity contribution >= 4 is 5.91 Å². The molecule has 0 unspecified atom stereocenters. The maximum absolute atomic E-state index is 12.3. The first-order valence-corrected chi connectivity index (χ1v) is 10.4. The van der Waals surface area contributed by atoms with Gasteiger partial charge in [-0.1, -0.05) is 64.0 Å². The Morgan fingerprint density at radius 2 is 1.56 bits per heavy atom. The first kappa shape index (κ1) is 20.0. The van der Waals surface area contributed by atoms with Crippen LogP contribution >= 0.6 is 0 Å². The molecule has 0 aromatic heterocycles. The normalized spacial score (nSPS) is 15.2. The number of carbonyl (C=O) groups excluding carboxylic acids is 1. The van der Waals surface area contributed by atoms with Gasteiger partial charge < -0.3 is 10.6 Å². The van der Waals surface area contributed by atoms with E-state index in [2.05, 4.69) is 29.7 Å². The van der Waals surface area contributed by atoms with Gasteiger partial charge in [-0.3, -0.25) is 4.79 Å². The van der Waals surface area contributed by atoms with E-state index in [4.69, 9.17) is 0 Å². The largest absolute Gasteiger partial charge is 0.349 e. The Kier molecular flexibility index (Phi) is 9.65. The number of unbranched alkanes of at least 4 members (excludes halogenated alkanes) is 7. The van der Waals surface area contributed by atoms with Gasteiger partial charge in [0.25, 0.3) is 5.91 Å². The van der Waals surface area contributed by atoms with E-state index in [1.807, 2.05) is 12.1 Å². The van der Waals surface area contributed by atoms with E-state index in [1.54, 1.807) is 0 Å². The SMILES string of the molecule is CCCCCCCCCCc1ccc(C(=O)NC2CCNCC2)cc1. The van der Waals surface area contributed by atoms with Gasteiger partial charge in [0.1, 0.15) is 0 Å². The molecule has 1 saturated heterocycles. The Morgan fingerprint density at radius 3 is 2.20 bits per heavy atom. The summed E-state index contributed by atoms with van der Waals surface area (Å²) in [5, 5.41) is 6.48. The minimum Gasteiger partial charge on any atom is -0.349 e. The number of piperidine rings is 1. The Balaban J connectivity index is 1.61. The van der Waals surface area contributed by atoms with Crippen molar-refractivity contribution in [2.45, 2.75) is 83.6 Å². The van der Waals surface area contributed by atoms with Gasteiger partial charge in [0.15, 0.2) is 0 Å². The highest BCUT2D eigenvalue weighted by atomic mass is 16.1. The summed E-state index contributed by atoms with van der Waals surface area (Å²) in [6.45, 7) is 4.27. The van der Waals surface area contributed by atoms with Gasteiger partial charge in [0, 0.05) is 11.6 Å². The molecule has 3 nitrogen and oxygen atoms in total. The second kappa shape index (κ2) is 12.1. The van der Waals surface area contributed by atoms with E-state index in [9.17, 15) is 4.79 Å². The van der Waals surface area contributed by atoms with Crippen LogP contribution in [-0.4, -0.2) is 25.0 Å². The molecule has 25 heavy (non-hydrogen) atoms. The number of carbonyl (C=O) groups is 1. The van der Waals surface area contributed by atoms with Gasteiger partial charge in [-0.15, -0.1) is 0 Å². The molecule has 1 fully saturated rings. The first-order chi connectivity index (χ1) is 12.3. The first-order valence-electron chi connectivity index (χ1n) is 10.4. The third kappa shape index (κ3) is 8.04. The molecule has 2 N–H and O–H groups in total. The third-order valence-electron chi connectivity index (χ3n) is 5.21. The average Bonchev–Trinajstić information content (AvgIpc) is 2.65. The summed E-state index contributed by atoms with van der Waals surface area (Å²) in [5.74, 6) is 0.0746. The number of hydrogen-bond acceptors (Lipinski definition) is 2. The molecule has 0 spiro atoms. The third-order valence-corrected chi connectivity index (χ3v) is 5.21. The summed E-state index contributed by atoms with van der Waals surface area (Å²) >= 11 is 0.